The highest BCUT2D eigenvalue weighted by Crippen LogP contribution is 2.10. The third-order valence-electron chi connectivity index (χ3n) is 2.95. The van der Waals surface area contributed by atoms with E-state index in [9.17, 15) is 9.59 Å². The minimum Gasteiger partial charge on any atom is -0.341 e. The van der Waals surface area contributed by atoms with Crippen LogP contribution in [0.25, 0.3) is 0 Å². The van der Waals surface area contributed by atoms with Gasteiger partial charge >= 0.3 is 0 Å². The van der Waals surface area contributed by atoms with Gasteiger partial charge in [-0.15, -0.1) is 0 Å². The number of amides is 1. The number of nitrogens with zero attached hydrogens (tertiary/aromatic N) is 2. The van der Waals surface area contributed by atoms with Gasteiger partial charge in [-0.2, -0.15) is 0 Å². The summed E-state index contributed by atoms with van der Waals surface area (Å²) in [5.41, 5.74) is 0.604. The monoisotopic (exact) mass is 220 g/mol. The molecule has 4 nitrogen and oxygen atoms in total. The van der Waals surface area contributed by atoms with E-state index >= 15 is 0 Å². The molecule has 0 aromatic carbocycles. The van der Waals surface area contributed by atoms with E-state index in [1.165, 1.54) is 6.92 Å². The van der Waals surface area contributed by atoms with Crippen molar-refractivity contribution in [2.45, 2.75) is 26.3 Å². The first kappa shape index (κ1) is 10.9. The molecule has 0 radical (unpaired) electrons. The number of Topliss-reactive ketones (excluding diaryl/α,β-unsaturated/α-hetero) is 1. The van der Waals surface area contributed by atoms with Gasteiger partial charge < -0.3 is 9.47 Å². The first-order valence-corrected chi connectivity index (χ1v) is 5.62. The molecule has 1 aliphatic rings. The van der Waals surface area contributed by atoms with Crippen LogP contribution in [0, 0.1) is 0 Å². The summed E-state index contributed by atoms with van der Waals surface area (Å²) in [6, 6.07) is 3.55. The lowest BCUT2D eigenvalue weighted by atomic mass is 10.3. The second-order valence-corrected chi connectivity index (χ2v) is 4.17. The second kappa shape index (κ2) is 4.51. The Kier molecular flexibility index (Phi) is 3.08. The molecule has 0 spiro atoms. The van der Waals surface area contributed by atoms with Crippen LogP contribution in [0.15, 0.2) is 18.3 Å². The molecular formula is C12H16N2O2. The fourth-order valence-electron chi connectivity index (χ4n) is 2.08. The Morgan fingerprint density at radius 3 is 2.62 bits per heavy atom. The van der Waals surface area contributed by atoms with Gasteiger partial charge in [-0.1, -0.05) is 0 Å². The number of carbonyl (C=O) groups excluding carboxylic acids is 2. The van der Waals surface area contributed by atoms with Crippen molar-refractivity contribution in [2.24, 2.45) is 0 Å². The smallest absolute Gasteiger partial charge is 0.242 e. The zero-order valence-corrected chi connectivity index (χ0v) is 9.48. The fourth-order valence-corrected chi connectivity index (χ4v) is 2.08. The molecule has 0 saturated carbocycles. The highest BCUT2D eigenvalue weighted by atomic mass is 16.2. The highest BCUT2D eigenvalue weighted by Gasteiger charge is 2.19. The molecule has 4 heteroatoms. The lowest BCUT2D eigenvalue weighted by Crippen LogP contribution is -2.31. The Hall–Kier alpha value is -1.58. The van der Waals surface area contributed by atoms with Crippen molar-refractivity contribution in [3.8, 4) is 0 Å². The molecule has 86 valence electrons. The van der Waals surface area contributed by atoms with Crippen molar-refractivity contribution in [1.82, 2.24) is 9.47 Å². The molecule has 1 saturated heterocycles. The topological polar surface area (TPSA) is 42.3 Å². The molecule has 1 fully saturated rings. The van der Waals surface area contributed by atoms with E-state index in [0.29, 0.717) is 5.69 Å². The summed E-state index contributed by atoms with van der Waals surface area (Å²) in [5, 5.41) is 0. The quantitative estimate of drug-likeness (QED) is 0.721. The first-order chi connectivity index (χ1) is 7.68. The number of rotatable bonds is 3. The van der Waals surface area contributed by atoms with Crippen LogP contribution in [0.3, 0.4) is 0 Å². The van der Waals surface area contributed by atoms with Crippen LogP contribution in [-0.4, -0.2) is 34.2 Å². The maximum atomic E-state index is 11.9. The van der Waals surface area contributed by atoms with Gasteiger partial charge in [0.05, 0.1) is 5.69 Å². The van der Waals surface area contributed by atoms with E-state index < -0.39 is 0 Å². The van der Waals surface area contributed by atoms with Gasteiger partial charge in [0.15, 0.2) is 5.78 Å². The van der Waals surface area contributed by atoms with Gasteiger partial charge in [0.25, 0.3) is 0 Å². The van der Waals surface area contributed by atoms with Crippen LogP contribution >= 0.6 is 0 Å². The van der Waals surface area contributed by atoms with Crippen molar-refractivity contribution >= 4 is 11.7 Å². The molecule has 16 heavy (non-hydrogen) atoms. The molecular weight excluding hydrogens is 204 g/mol. The Morgan fingerprint density at radius 1 is 1.31 bits per heavy atom. The van der Waals surface area contributed by atoms with E-state index in [1.807, 2.05) is 4.90 Å². The average molecular weight is 220 g/mol. The number of hydrogen-bond acceptors (Lipinski definition) is 2. The Morgan fingerprint density at radius 2 is 2.00 bits per heavy atom. The highest BCUT2D eigenvalue weighted by molar-refractivity contribution is 5.93. The largest absolute Gasteiger partial charge is 0.341 e. The summed E-state index contributed by atoms with van der Waals surface area (Å²) in [6.45, 7) is 3.51. The van der Waals surface area contributed by atoms with Gasteiger partial charge in [0.1, 0.15) is 6.54 Å². The van der Waals surface area contributed by atoms with Crippen LogP contribution in [-0.2, 0) is 11.3 Å². The summed E-state index contributed by atoms with van der Waals surface area (Å²) in [5.74, 6) is 0.107. The Bertz CT molecular complexity index is 403. The van der Waals surface area contributed by atoms with Gasteiger partial charge in [-0.05, 0) is 25.0 Å². The molecule has 1 aromatic heterocycles. The van der Waals surface area contributed by atoms with Gasteiger partial charge in [-0.25, -0.2) is 0 Å². The summed E-state index contributed by atoms with van der Waals surface area (Å²) >= 11 is 0. The average Bonchev–Trinajstić information content (AvgIpc) is 2.86. The van der Waals surface area contributed by atoms with E-state index in [4.69, 9.17) is 0 Å². The van der Waals surface area contributed by atoms with Crippen molar-refractivity contribution < 1.29 is 9.59 Å². The molecule has 2 rings (SSSR count). The molecule has 0 bridgehead atoms. The van der Waals surface area contributed by atoms with Crippen LogP contribution in [0.1, 0.15) is 30.3 Å². The van der Waals surface area contributed by atoms with Crippen LogP contribution in [0.5, 0.6) is 0 Å². The molecule has 0 atom stereocenters. The van der Waals surface area contributed by atoms with E-state index in [-0.39, 0.29) is 18.2 Å². The molecule has 0 unspecified atom stereocenters. The lowest BCUT2D eigenvalue weighted by Gasteiger charge is -2.16. The van der Waals surface area contributed by atoms with E-state index in [0.717, 1.165) is 25.9 Å². The van der Waals surface area contributed by atoms with Crippen molar-refractivity contribution in [1.29, 1.82) is 0 Å². The number of hydrogen-bond donors (Lipinski definition) is 0. The number of carbonyl (C=O) groups is 2. The molecule has 1 aromatic rings. The zero-order chi connectivity index (χ0) is 11.5. The van der Waals surface area contributed by atoms with Gasteiger partial charge in [0.2, 0.25) is 5.91 Å². The van der Waals surface area contributed by atoms with E-state index in [2.05, 4.69) is 0 Å². The van der Waals surface area contributed by atoms with Crippen LogP contribution in [0.4, 0.5) is 0 Å². The third kappa shape index (κ3) is 2.15. The maximum absolute atomic E-state index is 11.9. The summed E-state index contributed by atoms with van der Waals surface area (Å²) < 4.78 is 1.73. The molecule has 0 N–H and O–H groups in total. The van der Waals surface area contributed by atoms with E-state index in [1.54, 1.807) is 22.9 Å². The van der Waals surface area contributed by atoms with Crippen molar-refractivity contribution in [3.05, 3.63) is 24.0 Å². The molecule has 1 aliphatic heterocycles. The first-order valence-electron chi connectivity index (χ1n) is 5.62. The summed E-state index contributed by atoms with van der Waals surface area (Å²) in [6.07, 6.45) is 3.97. The minimum absolute atomic E-state index is 0.000720. The molecule has 1 amide bonds. The predicted octanol–water partition coefficient (Wildman–Crippen LogP) is 1.31. The standard InChI is InChI=1S/C12H16N2O2/c1-10(15)11-5-4-8-14(11)9-12(16)13-6-2-3-7-13/h4-5,8H,2-3,6-7,9H2,1H3. The second-order valence-electron chi connectivity index (χ2n) is 4.17. The zero-order valence-electron chi connectivity index (χ0n) is 9.48. The third-order valence-corrected chi connectivity index (χ3v) is 2.95. The Labute approximate surface area is 94.8 Å². The lowest BCUT2D eigenvalue weighted by molar-refractivity contribution is -0.130. The van der Waals surface area contributed by atoms with Gasteiger partial charge in [0, 0.05) is 26.2 Å². The predicted molar refractivity (Wildman–Crippen MR) is 60.3 cm³/mol. The molecule has 0 aliphatic carbocycles. The number of ketones is 1. The van der Waals surface area contributed by atoms with Crippen molar-refractivity contribution in [2.75, 3.05) is 13.1 Å². The minimum atomic E-state index is -0.000720. The van der Waals surface area contributed by atoms with Crippen LogP contribution in [0.2, 0.25) is 0 Å². The van der Waals surface area contributed by atoms with Crippen LogP contribution < -0.4 is 0 Å². The maximum Gasteiger partial charge on any atom is 0.242 e. The number of aromatic nitrogens is 1. The molecule has 2 heterocycles. The fraction of sp³-hybridized carbons (Fsp3) is 0.500. The van der Waals surface area contributed by atoms with Crippen molar-refractivity contribution in [3.63, 3.8) is 0 Å². The van der Waals surface area contributed by atoms with Gasteiger partial charge in [-0.3, -0.25) is 9.59 Å². The number of likely N-dealkylation sites (tertiary alicyclic amines) is 1. The Balaban J connectivity index is 2.05. The summed E-state index contributed by atoms with van der Waals surface area (Å²) in [4.78, 5) is 25.0. The normalized spacial score (nSPS) is 15.4. The summed E-state index contributed by atoms with van der Waals surface area (Å²) in [7, 11) is 0. The SMILES string of the molecule is CC(=O)c1cccn1CC(=O)N1CCCC1.